The first kappa shape index (κ1) is 13.0. The van der Waals surface area contributed by atoms with Crippen molar-refractivity contribution in [2.24, 2.45) is 5.84 Å². The Hall–Kier alpha value is -1.96. The van der Waals surface area contributed by atoms with Crippen LogP contribution in [0.3, 0.4) is 0 Å². The highest BCUT2D eigenvalue weighted by Crippen LogP contribution is 2.25. The SMILES string of the molecule is NNC(=O)c1ccc(Cn2ccnc2-c2cccs2)s1. The van der Waals surface area contributed by atoms with Crippen molar-refractivity contribution >= 4 is 28.6 Å². The largest absolute Gasteiger partial charge is 0.325 e. The van der Waals surface area contributed by atoms with E-state index < -0.39 is 0 Å². The third-order valence-corrected chi connectivity index (χ3v) is 4.73. The van der Waals surface area contributed by atoms with Crippen LogP contribution in [0.25, 0.3) is 10.7 Å². The van der Waals surface area contributed by atoms with E-state index in [1.165, 1.54) is 11.3 Å². The number of hydrogen-bond acceptors (Lipinski definition) is 5. The average molecular weight is 304 g/mol. The highest BCUT2D eigenvalue weighted by atomic mass is 32.1. The zero-order valence-corrected chi connectivity index (χ0v) is 12.1. The van der Waals surface area contributed by atoms with Crippen LogP contribution in [0.4, 0.5) is 0 Å². The smallest absolute Gasteiger partial charge is 0.275 e. The Morgan fingerprint density at radius 2 is 2.30 bits per heavy atom. The van der Waals surface area contributed by atoms with Crippen molar-refractivity contribution < 1.29 is 4.79 Å². The molecule has 0 aliphatic rings. The summed E-state index contributed by atoms with van der Waals surface area (Å²) in [5, 5.41) is 2.03. The zero-order chi connectivity index (χ0) is 13.9. The summed E-state index contributed by atoms with van der Waals surface area (Å²) < 4.78 is 2.07. The molecule has 3 rings (SSSR count). The molecular weight excluding hydrogens is 292 g/mol. The Labute approximate surface area is 123 Å². The molecule has 102 valence electrons. The molecule has 0 fully saturated rings. The number of imidazole rings is 1. The number of hydrazine groups is 1. The fraction of sp³-hybridized carbons (Fsp3) is 0.0769. The lowest BCUT2D eigenvalue weighted by Crippen LogP contribution is -2.29. The standard InChI is InChI=1S/C13H12N4OS2/c14-16-13(18)11-4-3-9(20-11)8-17-6-5-15-12(17)10-2-1-7-19-10/h1-7H,8,14H2,(H,16,18). The number of nitrogens with zero attached hydrogens (tertiary/aromatic N) is 2. The molecule has 0 aliphatic heterocycles. The molecule has 20 heavy (non-hydrogen) atoms. The highest BCUT2D eigenvalue weighted by molar-refractivity contribution is 7.14. The van der Waals surface area contributed by atoms with Crippen LogP contribution in [-0.4, -0.2) is 15.5 Å². The van der Waals surface area contributed by atoms with Crippen molar-refractivity contribution in [2.75, 3.05) is 0 Å². The Balaban J connectivity index is 1.84. The maximum Gasteiger partial charge on any atom is 0.275 e. The lowest BCUT2D eigenvalue weighted by atomic mass is 10.4. The van der Waals surface area contributed by atoms with Gasteiger partial charge in [-0.2, -0.15) is 0 Å². The Morgan fingerprint density at radius 3 is 3.05 bits per heavy atom. The van der Waals surface area contributed by atoms with E-state index in [0.717, 1.165) is 15.6 Å². The molecule has 3 N–H and O–H groups in total. The minimum atomic E-state index is -0.259. The molecule has 5 nitrogen and oxygen atoms in total. The number of rotatable bonds is 4. The van der Waals surface area contributed by atoms with Crippen LogP contribution in [0.1, 0.15) is 14.5 Å². The second-order valence-electron chi connectivity index (χ2n) is 4.10. The van der Waals surface area contributed by atoms with Crippen molar-refractivity contribution in [2.45, 2.75) is 6.54 Å². The number of thiophene rings is 2. The lowest BCUT2D eigenvalue weighted by molar-refractivity contribution is 0.0957. The molecule has 0 saturated heterocycles. The van der Waals surface area contributed by atoms with E-state index >= 15 is 0 Å². The Bertz CT molecular complexity index is 714. The van der Waals surface area contributed by atoms with Gasteiger partial charge in [0.2, 0.25) is 0 Å². The number of nitrogen functional groups attached to an aromatic ring is 1. The first-order valence-electron chi connectivity index (χ1n) is 5.92. The zero-order valence-electron chi connectivity index (χ0n) is 10.4. The second-order valence-corrected chi connectivity index (χ2v) is 6.21. The van der Waals surface area contributed by atoms with Gasteiger partial charge < -0.3 is 4.57 Å². The molecule has 0 bridgehead atoms. The van der Waals surface area contributed by atoms with Gasteiger partial charge in [0.25, 0.3) is 5.91 Å². The first-order valence-corrected chi connectivity index (χ1v) is 7.62. The highest BCUT2D eigenvalue weighted by Gasteiger charge is 2.11. The number of carbonyl (C=O) groups is 1. The van der Waals surface area contributed by atoms with E-state index in [1.54, 1.807) is 23.6 Å². The molecule has 3 aromatic rings. The lowest BCUT2D eigenvalue weighted by Gasteiger charge is -2.04. The van der Waals surface area contributed by atoms with Gasteiger partial charge in [0.05, 0.1) is 16.3 Å². The molecule has 0 aliphatic carbocycles. The summed E-state index contributed by atoms with van der Waals surface area (Å²) in [6.07, 6.45) is 3.73. The van der Waals surface area contributed by atoms with Crippen LogP contribution in [0.15, 0.2) is 42.0 Å². The molecule has 0 unspecified atom stereocenters. The van der Waals surface area contributed by atoms with Crippen LogP contribution in [0, 0.1) is 0 Å². The topological polar surface area (TPSA) is 72.9 Å². The third-order valence-electron chi connectivity index (χ3n) is 2.80. The molecule has 0 radical (unpaired) electrons. The fourth-order valence-corrected chi connectivity index (χ4v) is 3.54. The van der Waals surface area contributed by atoms with Gasteiger partial charge in [-0.05, 0) is 23.6 Å². The van der Waals surface area contributed by atoms with Gasteiger partial charge in [-0.25, -0.2) is 10.8 Å². The van der Waals surface area contributed by atoms with E-state index in [0.29, 0.717) is 11.4 Å². The quantitative estimate of drug-likeness (QED) is 0.441. The van der Waals surface area contributed by atoms with E-state index in [9.17, 15) is 4.79 Å². The molecule has 0 atom stereocenters. The van der Waals surface area contributed by atoms with E-state index in [-0.39, 0.29) is 5.91 Å². The van der Waals surface area contributed by atoms with E-state index in [4.69, 9.17) is 5.84 Å². The summed E-state index contributed by atoms with van der Waals surface area (Å²) in [5.74, 6) is 5.81. The fourth-order valence-electron chi connectivity index (χ4n) is 1.89. The summed E-state index contributed by atoms with van der Waals surface area (Å²) in [6, 6.07) is 7.77. The summed E-state index contributed by atoms with van der Waals surface area (Å²) >= 11 is 3.09. The number of carbonyl (C=O) groups excluding carboxylic acids is 1. The molecule has 3 aromatic heterocycles. The van der Waals surface area contributed by atoms with Crippen LogP contribution < -0.4 is 11.3 Å². The minimum Gasteiger partial charge on any atom is -0.325 e. The molecule has 0 aromatic carbocycles. The van der Waals surface area contributed by atoms with Crippen molar-refractivity contribution in [3.05, 3.63) is 51.8 Å². The van der Waals surface area contributed by atoms with Gasteiger partial charge in [-0.15, -0.1) is 22.7 Å². The average Bonchev–Trinajstić information content (AvgIpc) is 3.18. The molecule has 7 heteroatoms. The van der Waals surface area contributed by atoms with Crippen LogP contribution >= 0.6 is 22.7 Å². The van der Waals surface area contributed by atoms with Gasteiger partial charge in [-0.1, -0.05) is 6.07 Å². The summed E-state index contributed by atoms with van der Waals surface area (Å²) in [4.78, 5) is 18.7. The molecule has 0 saturated carbocycles. The van der Waals surface area contributed by atoms with Gasteiger partial charge in [-0.3, -0.25) is 10.2 Å². The number of aromatic nitrogens is 2. The Kier molecular flexibility index (Phi) is 3.64. The van der Waals surface area contributed by atoms with Gasteiger partial charge in [0, 0.05) is 17.3 Å². The molecular formula is C13H12N4OS2. The number of hydrogen-bond donors (Lipinski definition) is 2. The first-order chi connectivity index (χ1) is 9.78. The second kappa shape index (κ2) is 5.58. The van der Waals surface area contributed by atoms with Crippen molar-refractivity contribution in [1.82, 2.24) is 15.0 Å². The predicted octanol–water partition coefficient (Wildman–Crippen LogP) is 2.32. The summed E-state index contributed by atoms with van der Waals surface area (Å²) in [5.41, 5.74) is 2.14. The number of amides is 1. The normalized spacial score (nSPS) is 10.7. The summed E-state index contributed by atoms with van der Waals surface area (Å²) in [6.45, 7) is 0.690. The van der Waals surface area contributed by atoms with Gasteiger partial charge in [0.1, 0.15) is 5.82 Å². The molecule has 3 heterocycles. The van der Waals surface area contributed by atoms with Gasteiger partial charge in [0.15, 0.2) is 0 Å². The molecule has 1 amide bonds. The van der Waals surface area contributed by atoms with E-state index in [2.05, 4.69) is 15.0 Å². The van der Waals surface area contributed by atoms with Crippen LogP contribution in [0.2, 0.25) is 0 Å². The van der Waals surface area contributed by atoms with Crippen LogP contribution in [-0.2, 0) is 6.54 Å². The maximum absolute atomic E-state index is 11.4. The maximum atomic E-state index is 11.4. The van der Waals surface area contributed by atoms with Gasteiger partial charge >= 0.3 is 0 Å². The van der Waals surface area contributed by atoms with Crippen molar-refractivity contribution in [3.8, 4) is 10.7 Å². The third kappa shape index (κ3) is 2.51. The monoisotopic (exact) mass is 304 g/mol. The Morgan fingerprint density at radius 1 is 1.40 bits per heavy atom. The molecule has 0 spiro atoms. The predicted molar refractivity (Wildman–Crippen MR) is 80.6 cm³/mol. The van der Waals surface area contributed by atoms with Crippen molar-refractivity contribution in [1.29, 1.82) is 0 Å². The van der Waals surface area contributed by atoms with E-state index in [1.807, 2.05) is 29.8 Å². The number of nitrogens with one attached hydrogen (secondary N) is 1. The van der Waals surface area contributed by atoms with Crippen LogP contribution in [0.5, 0.6) is 0 Å². The number of nitrogens with two attached hydrogens (primary N) is 1. The van der Waals surface area contributed by atoms with Crippen molar-refractivity contribution in [3.63, 3.8) is 0 Å². The summed E-state index contributed by atoms with van der Waals surface area (Å²) in [7, 11) is 0. The minimum absolute atomic E-state index is 0.259.